The lowest BCUT2D eigenvalue weighted by atomic mass is 9.92. The van der Waals surface area contributed by atoms with E-state index in [1.165, 1.54) is 0 Å². The molecule has 4 nitrogen and oxygen atoms in total. The lowest BCUT2D eigenvalue weighted by Gasteiger charge is -2.27. The van der Waals surface area contributed by atoms with Crippen molar-refractivity contribution in [3.8, 4) is 5.75 Å². The number of hydrogen-bond acceptors (Lipinski definition) is 3. The number of hydrogen-bond donors (Lipinski definition) is 2. The molecule has 1 atom stereocenters. The fourth-order valence-corrected chi connectivity index (χ4v) is 3.03. The number of halogens is 1. The molecule has 2 N–H and O–H groups in total. The second-order valence-electron chi connectivity index (χ2n) is 10.2. The van der Waals surface area contributed by atoms with Crippen LogP contribution in [0.1, 0.15) is 59.1 Å². The summed E-state index contributed by atoms with van der Waals surface area (Å²) in [4.78, 5) is 12.8. The maximum Gasteiger partial charge on any atom is 0.237 e. The van der Waals surface area contributed by atoms with E-state index in [1.54, 1.807) is 0 Å². The van der Waals surface area contributed by atoms with E-state index in [2.05, 4.69) is 43.5 Å². The van der Waals surface area contributed by atoms with Gasteiger partial charge in [0.15, 0.2) is 0 Å². The average molecular weight is 447 g/mol. The summed E-state index contributed by atoms with van der Waals surface area (Å²) in [5, 5.41) is 6.58. The monoisotopic (exact) mass is 446 g/mol. The largest absolute Gasteiger partial charge is 0.489 e. The molecule has 0 heterocycles. The van der Waals surface area contributed by atoms with Gasteiger partial charge in [-0.05, 0) is 68.8 Å². The normalized spacial score (nSPS) is 12.6. The van der Waals surface area contributed by atoms with Crippen LogP contribution in [0.25, 0.3) is 0 Å². The van der Waals surface area contributed by atoms with E-state index < -0.39 is 0 Å². The minimum Gasteiger partial charge on any atom is -0.489 e. The first-order valence-electron chi connectivity index (χ1n) is 10.8. The SMILES string of the molecule is CC(C)(C)CCNC(Cc1ccc(OCc2ccccc2)cc1)C(=O)NC(C)(C)C.Cl. The van der Waals surface area contributed by atoms with Gasteiger partial charge in [0.2, 0.25) is 5.91 Å². The molecule has 172 valence electrons. The maximum atomic E-state index is 12.8. The Balaban J connectivity index is 0.00000480. The molecule has 31 heavy (non-hydrogen) atoms. The number of rotatable bonds is 9. The molecule has 0 aliphatic carbocycles. The van der Waals surface area contributed by atoms with Gasteiger partial charge in [-0.15, -0.1) is 12.4 Å². The fraction of sp³-hybridized carbons (Fsp3) is 0.500. The van der Waals surface area contributed by atoms with Crippen LogP contribution >= 0.6 is 12.4 Å². The Labute approximate surface area is 194 Å². The summed E-state index contributed by atoms with van der Waals surface area (Å²) in [6.45, 7) is 14.0. The lowest BCUT2D eigenvalue weighted by Crippen LogP contribution is -2.52. The van der Waals surface area contributed by atoms with Crippen molar-refractivity contribution in [3.63, 3.8) is 0 Å². The van der Waals surface area contributed by atoms with Crippen molar-refractivity contribution in [2.75, 3.05) is 6.54 Å². The topological polar surface area (TPSA) is 50.4 Å². The number of benzene rings is 2. The van der Waals surface area contributed by atoms with Gasteiger partial charge in [0.1, 0.15) is 12.4 Å². The lowest BCUT2D eigenvalue weighted by molar-refractivity contribution is -0.124. The van der Waals surface area contributed by atoms with Crippen LogP contribution in [0.2, 0.25) is 0 Å². The van der Waals surface area contributed by atoms with Crippen molar-refractivity contribution in [2.45, 2.75) is 72.6 Å². The van der Waals surface area contributed by atoms with E-state index in [0.717, 1.165) is 29.8 Å². The van der Waals surface area contributed by atoms with Crippen LogP contribution in [0.3, 0.4) is 0 Å². The summed E-state index contributed by atoms with van der Waals surface area (Å²) in [5.74, 6) is 0.875. The highest BCUT2D eigenvalue weighted by Crippen LogP contribution is 2.18. The van der Waals surface area contributed by atoms with Gasteiger partial charge in [-0.1, -0.05) is 63.2 Å². The molecule has 2 aromatic carbocycles. The Hall–Kier alpha value is -2.04. The summed E-state index contributed by atoms with van der Waals surface area (Å²) < 4.78 is 5.87. The summed E-state index contributed by atoms with van der Waals surface area (Å²) in [6.07, 6.45) is 1.66. The molecule has 0 aromatic heterocycles. The molecule has 0 saturated heterocycles. The third kappa shape index (κ3) is 11.2. The summed E-state index contributed by atoms with van der Waals surface area (Å²) in [7, 11) is 0. The molecule has 1 unspecified atom stereocenters. The van der Waals surface area contributed by atoms with Crippen LogP contribution in [0.15, 0.2) is 54.6 Å². The van der Waals surface area contributed by atoms with Crippen molar-refractivity contribution in [1.82, 2.24) is 10.6 Å². The molecule has 0 aliphatic rings. The van der Waals surface area contributed by atoms with Gasteiger partial charge in [-0.3, -0.25) is 4.79 Å². The van der Waals surface area contributed by atoms with Gasteiger partial charge in [-0.2, -0.15) is 0 Å². The van der Waals surface area contributed by atoms with E-state index in [0.29, 0.717) is 13.0 Å². The molecule has 2 rings (SSSR count). The predicted octanol–water partition coefficient (Wildman–Crippen LogP) is 5.54. The van der Waals surface area contributed by atoms with Gasteiger partial charge >= 0.3 is 0 Å². The summed E-state index contributed by atoms with van der Waals surface area (Å²) >= 11 is 0. The Bertz CT molecular complexity index is 778. The quantitative estimate of drug-likeness (QED) is 0.531. The molecule has 0 fully saturated rings. The molecule has 0 bridgehead atoms. The number of nitrogens with one attached hydrogen (secondary N) is 2. The molecular weight excluding hydrogens is 408 g/mol. The van der Waals surface area contributed by atoms with Crippen LogP contribution in [0.4, 0.5) is 0 Å². The summed E-state index contributed by atoms with van der Waals surface area (Å²) in [5.41, 5.74) is 2.23. The highest BCUT2D eigenvalue weighted by atomic mass is 35.5. The van der Waals surface area contributed by atoms with Crippen LogP contribution in [0.5, 0.6) is 5.75 Å². The van der Waals surface area contributed by atoms with Gasteiger partial charge in [0, 0.05) is 5.54 Å². The van der Waals surface area contributed by atoms with Crippen molar-refractivity contribution >= 4 is 18.3 Å². The van der Waals surface area contributed by atoms with Crippen LogP contribution in [-0.2, 0) is 17.8 Å². The molecule has 0 saturated carbocycles. The molecule has 0 radical (unpaired) electrons. The van der Waals surface area contributed by atoms with Crippen molar-refractivity contribution in [2.24, 2.45) is 5.41 Å². The zero-order valence-corrected chi connectivity index (χ0v) is 20.6. The minimum atomic E-state index is -0.261. The standard InChI is InChI=1S/C26H38N2O2.ClH/c1-25(2,3)16-17-27-23(24(29)28-26(4,5)6)18-20-12-14-22(15-13-20)30-19-21-10-8-7-9-11-21;/h7-15,23,27H,16-19H2,1-6H3,(H,28,29);1H. The Morgan fingerprint density at radius 2 is 1.52 bits per heavy atom. The predicted molar refractivity (Wildman–Crippen MR) is 132 cm³/mol. The second-order valence-corrected chi connectivity index (χ2v) is 10.2. The zero-order chi connectivity index (χ0) is 22.2. The first kappa shape index (κ1) is 27.0. The molecule has 0 aliphatic heterocycles. The van der Waals surface area contributed by atoms with Gasteiger partial charge in [0.25, 0.3) is 0 Å². The van der Waals surface area contributed by atoms with Crippen molar-refractivity contribution in [3.05, 3.63) is 65.7 Å². The first-order valence-corrected chi connectivity index (χ1v) is 10.8. The first-order chi connectivity index (χ1) is 14.0. The highest BCUT2D eigenvalue weighted by Gasteiger charge is 2.23. The van der Waals surface area contributed by atoms with E-state index in [1.807, 2.05) is 63.2 Å². The Morgan fingerprint density at radius 1 is 0.903 bits per heavy atom. The zero-order valence-electron chi connectivity index (χ0n) is 19.8. The van der Waals surface area contributed by atoms with Crippen molar-refractivity contribution in [1.29, 1.82) is 0 Å². The van der Waals surface area contributed by atoms with Gasteiger partial charge < -0.3 is 15.4 Å². The molecular formula is C26H39ClN2O2. The molecule has 5 heteroatoms. The van der Waals surface area contributed by atoms with Crippen LogP contribution < -0.4 is 15.4 Å². The number of amides is 1. The van der Waals surface area contributed by atoms with E-state index >= 15 is 0 Å². The number of ether oxygens (including phenoxy) is 1. The highest BCUT2D eigenvalue weighted by molar-refractivity contribution is 5.85. The smallest absolute Gasteiger partial charge is 0.237 e. The molecule has 1 amide bonds. The van der Waals surface area contributed by atoms with Crippen LogP contribution in [-0.4, -0.2) is 24.0 Å². The van der Waals surface area contributed by atoms with E-state index in [4.69, 9.17) is 4.74 Å². The van der Waals surface area contributed by atoms with Crippen LogP contribution in [0, 0.1) is 5.41 Å². The Kier molecular flexibility index (Phi) is 10.5. The Morgan fingerprint density at radius 3 is 2.06 bits per heavy atom. The minimum absolute atomic E-state index is 0. The maximum absolute atomic E-state index is 12.8. The third-order valence-corrected chi connectivity index (χ3v) is 4.69. The third-order valence-electron chi connectivity index (χ3n) is 4.69. The average Bonchev–Trinajstić information content (AvgIpc) is 2.65. The fourth-order valence-electron chi connectivity index (χ4n) is 3.03. The summed E-state index contributed by atoms with van der Waals surface area (Å²) in [6, 6.07) is 17.9. The molecule has 2 aromatic rings. The van der Waals surface area contributed by atoms with Gasteiger partial charge in [0.05, 0.1) is 6.04 Å². The number of carbonyl (C=O) groups is 1. The van der Waals surface area contributed by atoms with E-state index in [-0.39, 0.29) is 35.3 Å². The number of carbonyl (C=O) groups excluding carboxylic acids is 1. The van der Waals surface area contributed by atoms with Gasteiger partial charge in [-0.25, -0.2) is 0 Å². The van der Waals surface area contributed by atoms with Crippen molar-refractivity contribution < 1.29 is 9.53 Å². The molecule has 0 spiro atoms. The second kappa shape index (κ2) is 12.1. The van der Waals surface area contributed by atoms with E-state index in [9.17, 15) is 4.79 Å².